The van der Waals surface area contributed by atoms with Crippen molar-refractivity contribution in [1.29, 1.82) is 0 Å². The Morgan fingerprint density at radius 3 is 2.88 bits per heavy atom. The minimum absolute atomic E-state index is 0.0774. The van der Waals surface area contributed by atoms with Gasteiger partial charge in [-0.3, -0.25) is 0 Å². The van der Waals surface area contributed by atoms with E-state index in [4.69, 9.17) is 9.15 Å². The fourth-order valence-electron chi connectivity index (χ4n) is 1.22. The molecule has 92 valence electrons. The quantitative estimate of drug-likeness (QED) is 0.697. The zero-order valence-corrected chi connectivity index (χ0v) is 10.4. The average molecular weight is 228 g/mol. The predicted molar refractivity (Wildman–Crippen MR) is 61.5 cm³/mol. The summed E-state index contributed by atoms with van der Waals surface area (Å²) in [5, 5.41) is 11.0. The van der Waals surface area contributed by atoms with Gasteiger partial charge in [0.15, 0.2) is 0 Å². The second-order valence-electron chi connectivity index (χ2n) is 3.70. The van der Waals surface area contributed by atoms with E-state index < -0.39 is 0 Å². The lowest BCUT2D eigenvalue weighted by Crippen LogP contribution is -2.20. The van der Waals surface area contributed by atoms with Crippen LogP contribution in [0.2, 0.25) is 0 Å². The monoisotopic (exact) mass is 228 g/mol. The van der Waals surface area contributed by atoms with Gasteiger partial charge >= 0.3 is 6.01 Å². The third kappa shape index (κ3) is 3.46. The topological polar surface area (TPSA) is 63.4 Å². The van der Waals surface area contributed by atoms with Crippen LogP contribution in [-0.2, 0) is 4.74 Å². The van der Waals surface area contributed by atoms with Crippen LogP contribution in [0.3, 0.4) is 0 Å². The van der Waals surface area contributed by atoms with Gasteiger partial charge in [0, 0.05) is 27.3 Å². The van der Waals surface area contributed by atoms with Crippen LogP contribution in [0, 0.1) is 0 Å². The van der Waals surface area contributed by atoms with E-state index in [-0.39, 0.29) is 6.04 Å². The van der Waals surface area contributed by atoms with Gasteiger partial charge < -0.3 is 19.4 Å². The highest BCUT2D eigenvalue weighted by Gasteiger charge is 2.14. The molecule has 0 aliphatic heterocycles. The molecule has 0 bridgehead atoms. The van der Waals surface area contributed by atoms with Crippen LogP contribution in [0.15, 0.2) is 4.42 Å². The lowest BCUT2D eigenvalue weighted by Gasteiger charge is -2.13. The average Bonchev–Trinajstić information content (AvgIpc) is 2.77. The lowest BCUT2D eigenvalue weighted by molar-refractivity contribution is 0.196. The highest BCUT2D eigenvalue weighted by Crippen LogP contribution is 2.15. The van der Waals surface area contributed by atoms with Crippen LogP contribution in [0.1, 0.15) is 25.3 Å². The molecule has 0 aliphatic rings. The fourth-order valence-corrected chi connectivity index (χ4v) is 1.22. The summed E-state index contributed by atoms with van der Waals surface area (Å²) in [4.78, 5) is 1.93. The largest absolute Gasteiger partial charge is 0.406 e. The minimum atomic E-state index is 0.0774. The lowest BCUT2D eigenvalue weighted by atomic mass is 10.3. The Balaban J connectivity index is 2.49. The summed E-state index contributed by atoms with van der Waals surface area (Å²) >= 11 is 0. The van der Waals surface area contributed by atoms with Crippen molar-refractivity contribution in [2.24, 2.45) is 0 Å². The summed E-state index contributed by atoms with van der Waals surface area (Å²) in [7, 11) is 5.48. The van der Waals surface area contributed by atoms with E-state index >= 15 is 0 Å². The maximum Gasteiger partial charge on any atom is 0.317 e. The van der Waals surface area contributed by atoms with Crippen LogP contribution in [0.25, 0.3) is 0 Å². The summed E-state index contributed by atoms with van der Waals surface area (Å²) < 4.78 is 10.5. The summed E-state index contributed by atoms with van der Waals surface area (Å²) in [6.45, 7) is 3.55. The van der Waals surface area contributed by atoms with E-state index in [2.05, 4.69) is 15.5 Å². The van der Waals surface area contributed by atoms with Crippen molar-refractivity contribution in [3.8, 4) is 0 Å². The van der Waals surface area contributed by atoms with E-state index in [0.717, 1.165) is 19.6 Å². The SMILES string of the molecule is CNC(C)c1nnc(N(C)CCCOC)o1. The molecule has 0 saturated heterocycles. The number of ether oxygens (including phenoxy) is 1. The number of rotatable bonds is 7. The number of hydrogen-bond acceptors (Lipinski definition) is 6. The van der Waals surface area contributed by atoms with Gasteiger partial charge in [-0.15, -0.1) is 5.10 Å². The summed E-state index contributed by atoms with van der Waals surface area (Å²) in [5.74, 6) is 0.607. The van der Waals surface area contributed by atoms with Gasteiger partial charge in [0.1, 0.15) is 0 Å². The first kappa shape index (κ1) is 12.9. The number of methoxy groups -OCH3 is 1. The van der Waals surface area contributed by atoms with Crippen LogP contribution in [0.5, 0.6) is 0 Å². The van der Waals surface area contributed by atoms with Gasteiger partial charge in [0.25, 0.3) is 0 Å². The Labute approximate surface area is 96.0 Å². The number of nitrogens with one attached hydrogen (secondary N) is 1. The Morgan fingerprint density at radius 1 is 1.50 bits per heavy atom. The standard InChI is InChI=1S/C10H20N4O2/c1-8(11-2)9-12-13-10(16-9)14(3)6-5-7-15-4/h8,11H,5-7H2,1-4H3. The first-order valence-electron chi connectivity index (χ1n) is 5.39. The molecule has 0 aliphatic carbocycles. The van der Waals surface area contributed by atoms with Crippen molar-refractivity contribution in [1.82, 2.24) is 15.5 Å². The molecule has 1 heterocycles. The molecule has 1 N–H and O–H groups in total. The number of hydrogen-bond donors (Lipinski definition) is 1. The summed E-state index contributed by atoms with van der Waals surface area (Å²) in [6, 6.07) is 0.627. The summed E-state index contributed by atoms with van der Waals surface area (Å²) in [6.07, 6.45) is 0.937. The van der Waals surface area contributed by atoms with Gasteiger partial charge in [-0.1, -0.05) is 5.10 Å². The molecular weight excluding hydrogens is 208 g/mol. The zero-order chi connectivity index (χ0) is 12.0. The normalized spacial score (nSPS) is 12.8. The molecular formula is C10H20N4O2. The van der Waals surface area contributed by atoms with Gasteiger partial charge in [0.05, 0.1) is 6.04 Å². The highest BCUT2D eigenvalue weighted by molar-refractivity contribution is 5.21. The zero-order valence-electron chi connectivity index (χ0n) is 10.4. The molecule has 0 spiro atoms. The third-order valence-corrected chi connectivity index (χ3v) is 2.40. The molecule has 6 nitrogen and oxygen atoms in total. The van der Waals surface area contributed by atoms with Crippen LogP contribution in [-0.4, -0.2) is 44.6 Å². The maximum atomic E-state index is 5.53. The first-order chi connectivity index (χ1) is 7.69. The molecule has 6 heteroatoms. The Kier molecular flexibility index (Phi) is 5.21. The van der Waals surface area contributed by atoms with Crippen molar-refractivity contribution in [3.05, 3.63) is 5.89 Å². The predicted octanol–water partition coefficient (Wildman–Crippen LogP) is 0.823. The van der Waals surface area contributed by atoms with Gasteiger partial charge in [-0.2, -0.15) is 0 Å². The Morgan fingerprint density at radius 2 is 2.25 bits per heavy atom. The molecule has 0 radical (unpaired) electrons. The van der Waals surface area contributed by atoms with E-state index in [1.54, 1.807) is 7.11 Å². The van der Waals surface area contributed by atoms with Crippen molar-refractivity contribution >= 4 is 6.01 Å². The van der Waals surface area contributed by atoms with Gasteiger partial charge in [-0.25, -0.2) is 0 Å². The van der Waals surface area contributed by atoms with Gasteiger partial charge in [0.2, 0.25) is 5.89 Å². The smallest absolute Gasteiger partial charge is 0.317 e. The molecule has 1 rings (SSSR count). The van der Waals surface area contributed by atoms with Crippen molar-refractivity contribution in [3.63, 3.8) is 0 Å². The highest BCUT2D eigenvalue weighted by atomic mass is 16.5. The van der Waals surface area contributed by atoms with Crippen molar-refractivity contribution in [2.45, 2.75) is 19.4 Å². The Bertz CT molecular complexity index is 303. The molecule has 1 aromatic rings. The molecule has 0 amide bonds. The second-order valence-corrected chi connectivity index (χ2v) is 3.70. The van der Waals surface area contributed by atoms with E-state index in [0.29, 0.717) is 11.9 Å². The van der Waals surface area contributed by atoms with Crippen LogP contribution >= 0.6 is 0 Å². The molecule has 1 unspecified atom stereocenters. The molecule has 0 aromatic carbocycles. The first-order valence-corrected chi connectivity index (χ1v) is 5.39. The van der Waals surface area contributed by atoms with Crippen LogP contribution in [0.4, 0.5) is 6.01 Å². The van der Waals surface area contributed by atoms with E-state index in [9.17, 15) is 0 Å². The molecule has 1 atom stereocenters. The molecule has 0 fully saturated rings. The van der Waals surface area contributed by atoms with Crippen molar-refractivity contribution < 1.29 is 9.15 Å². The van der Waals surface area contributed by atoms with E-state index in [1.807, 2.05) is 25.9 Å². The number of aromatic nitrogens is 2. The number of nitrogens with zero attached hydrogens (tertiary/aromatic N) is 3. The minimum Gasteiger partial charge on any atom is -0.406 e. The van der Waals surface area contributed by atoms with Crippen LogP contribution < -0.4 is 10.2 Å². The molecule has 1 aromatic heterocycles. The summed E-state index contributed by atoms with van der Waals surface area (Å²) in [5.41, 5.74) is 0. The van der Waals surface area contributed by atoms with Crippen molar-refractivity contribution in [2.75, 3.05) is 39.3 Å². The third-order valence-electron chi connectivity index (χ3n) is 2.40. The molecule has 16 heavy (non-hydrogen) atoms. The number of anilines is 1. The van der Waals surface area contributed by atoms with E-state index in [1.165, 1.54) is 0 Å². The Hall–Kier alpha value is -1.14. The molecule has 0 saturated carbocycles. The van der Waals surface area contributed by atoms with Gasteiger partial charge in [-0.05, 0) is 20.4 Å². The second kappa shape index (κ2) is 6.44. The maximum absolute atomic E-state index is 5.53. The fraction of sp³-hybridized carbons (Fsp3) is 0.800.